The van der Waals surface area contributed by atoms with Gasteiger partial charge in [-0.25, -0.2) is 0 Å². The summed E-state index contributed by atoms with van der Waals surface area (Å²) in [4.78, 5) is 43.1. The van der Waals surface area contributed by atoms with Crippen molar-refractivity contribution in [2.45, 2.75) is 12.8 Å². The summed E-state index contributed by atoms with van der Waals surface area (Å²) < 4.78 is 0. The van der Waals surface area contributed by atoms with Crippen molar-refractivity contribution in [3.05, 3.63) is 95.6 Å². The van der Waals surface area contributed by atoms with E-state index in [0.29, 0.717) is 35.3 Å². The number of amides is 2. The zero-order valence-corrected chi connectivity index (χ0v) is 20.6. The lowest BCUT2D eigenvalue weighted by Gasteiger charge is -2.31. The number of rotatable bonds is 9. The van der Waals surface area contributed by atoms with Crippen LogP contribution < -0.4 is 10.6 Å². The van der Waals surface area contributed by atoms with Crippen LogP contribution in [0.4, 0.5) is 11.4 Å². The van der Waals surface area contributed by atoms with E-state index in [0.717, 1.165) is 31.7 Å². The number of nitrogens with one attached hydrogen (secondary N) is 2. The van der Waals surface area contributed by atoms with Crippen LogP contribution >= 0.6 is 0 Å². The average molecular weight is 485 g/mol. The van der Waals surface area contributed by atoms with Gasteiger partial charge in [0.1, 0.15) is 0 Å². The first-order valence-corrected chi connectivity index (χ1v) is 12.3. The van der Waals surface area contributed by atoms with Crippen molar-refractivity contribution >= 4 is 29.0 Å². The molecule has 186 valence electrons. The lowest BCUT2D eigenvalue weighted by molar-refractivity contribution is -0.118. The summed E-state index contributed by atoms with van der Waals surface area (Å²) in [5, 5.41) is 5.81. The second kappa shape index (κ2) is 12.2. The van der Waals surface area contributed by atoms with Crippen LogP contribution in [0.3, 0.4) is 0 Å². The van der Waals surface area contributed by atoms with Gasteiger partial charge in [0.2, 0.25) is 11.8 Å². The average Bonchev–Trinajstić information content (AvgIpc) is 2.90. The van der Waals surface area contributed by atoms with Gasteiger partial charge in [0.15, 0.2) is 5.78 Å². The summed E-state index contributed by atoms with van der Waals surface area (Å²) in [7, 11) is 2.07. The highest BCUT2D eigenvalue weighted by molar-refractivity contribution is 6.14. The first-order chi connectivity index (χ1) is 17.5. The van der Waals surface area contributed by atoms with E-state index >= 15 is 0 Å². The number of anilines is 2. The van der Waals surface area contributed by atoms with E-state index in [9.17, 15) is 14.4 Å². The number of nitrogens with zero attached hydrogens (tertiary/aromatic N) is 2. The molecule has 1 heterocycles. The maximum Gasteiger partial charge on any atom is 0.238 e. The predicted molar refractivity (Wildman–Crippen MR) is 142 cm³/mol. The Balaban J connectivity index is 1.47. The largest absolute Gasteiger partial charge is 0.326 e. The van der Waals surface area contributed by atoms with Gasteiger partial charge < -0.3 is 15.5 Å². The van der Waals surface area contributed by atoms with E-state index in [1.54, 1.807) is 42.5 Å². The molecular weight excluding hydrogens is 452 g/mol. The molecule has 0 spiro atoms. The normalized spacial score (nSPS) is 14.2. The molecule has 0 unspecified atom stereocenters. The first-order valence-electron chi connectivity index (χ1n) is 12.3. The molecule has 0 atom stereocenters. The van der Waals surface area contributed by atoms with Gasteiger partial charge in [0, 0.05) is 49.4 Å². The van der Waals surface area contributed by atoms with E-state index in [1.807, 2.05) is 36.4 Å². The summed E-state index contributed by atoms with van der Waals surface area (Å²) in [5.41, 5.74) is 2.90. The van der Waals surface area contributed by atoms with Gasteiger partial charge in [-0.15, -0.1) is 0 Å². The molecule has 4 rings (SSSR count). The van der Waals surface area contributed by atoms with Crippen LogP contribution in [-0.4, -0.2) is 67.2 Å². The van der Waals surface area contributed by atoms with Crippen molar-refractivity contribution in [2.75, 3.05) is 50.4 Å². The SMILES string of the molecule is CN1CCN(CC(=O)Nc2ccc(NC(=O)CCc3ccccc3)cc2C(=O)c2ccccc2)CC1. The van der Waals surface area contributed by atoms with Crippen LogP contribution in [-0.2, 0) is 16.0 Å². The van der Waals surface area contributed by atoms with Crippen molar-refractivity contribution in [2.24, 2.45) is 0 Å². The smallest absolute Gasteiger partial charge is 0.238 e. The third kappa shape index (κ3) is 7.10. The predicted octanol–water partition coefficient (Wildman–Crippen LogP) is 3.67. The Morgan fingerprint density at radius 3 is 2.14 bits per heavy atom. The number of carbonyl (C=O) groups is 3. The Bertz CT molecular complexity index is 1190. The van der Waals surface area contributed by atoms with E-state index < -0.39 is 0 Å². The molecule has 0 radical (unpaired) electrons. The minimum absolute atomic E-state index is 0.135. The Kier molecular flexibility index (Phi) is 8.60. The minimum atomic E-state index is -0.217. The molecule has 2 N–H and O–H groups in total. The molecule has 1 aliphatic rings. The van der Waals surface area contributed by atoms with Crippen molar-refractivity contribution in [1.29, 1.82) is 0 Å². The van der Waals surface area contributed by atoms with Crippen molar-refractivity contribution in [1.82, 2.24) is 9.80 Å². The fourth-order valence-corrected chi connectivity index (χ4v) is 4.19. The summed E-state index contributed by atoms with van der Waals surface area (Å²) >= 11 is 0. The van der Waals surface area contributed by atoms with E-state index in [-0.39, 0.29) is 24.1 Å². The van der Waals surface area contributed by atoms with Gasteiger partial charge in [-0.2, -0.15) is 0 Å². The van der Waals surface area contributed by atoms with E-state index in [4.69, 9.17) is 0 Å². The second-order valence-electron chi connectivity index (χ2n) is 9.12. The number of benzene rings is 3. The molecule has 1 saturated heterocycles. The van der Waals surface area contributed by atoms with Crippen molar-refractivity contribution in [3.63, 3.8) is 0 Å². The van der Waals surface area contributed by atoms with Crippen LogP contribution in [0.2, 0.25) is 0 Å². The standard InChI is InChI=1S/C29H32N4O3/c1-32-16-18-33(19-17-32)21-28(35)31-26-14-13-24(20-25(26)29(36)23-10-6-3-7-11-23)30-27(34)15-12-22-8-4-2-5-9-22/h2-11,13-14,20H,12,15-19,21H2,1H3,(H,30,34)(H,31,35). The summed E-state index contributed by atoms with van der Waals surface area (Å²) in [6, 6.07) is 23.8. The molecule has 1 aliphatic heterocycles. The van der Waals surface area contributed by atoms with Gasteiger partial charge >= 0.3 is 0 Å². The molecule has 36 heavy (non-hydrogen) atoms. The number of likely N-dealkylation sites (N-methyl/N-ethyl adjacent to an activating group) is 1. The first kappa shape index (κ1) is 25.3. The number of aryl methyl sites for hydroxylation is 1. The summed E-state index contributed by atoms with van der Waals surface area (Å²) in [5.74, 6) is -0.518. The van der Waals surface area contributed by atoms with E-state index in [1.165, 1.54) is 0 Å². The lowest BCUT2D eigenvalue weighted by atomic mass is 10.0. The van der Waals surface area contributed by atoms with Crippen LogP contribution in [0.25, 0.3) is 0 Å². The van der Waals surface area contributed by atoms with Crippen LogP contribution in [0.15, 0.2) is 78.9 Å². The topological polar surface area (TPSA) is 81.8 Å². The Hall–Kier alpha value is -3.81. The highest BCUT2D eigenvalue weighted by Crippen LogP contribution is 2.24. The molecule has 7 heteroatoms. The number of hydrogen-bond donors (Lipinski definition) is 2. The number of ketones is 1. The summed E-state index contributed by atoms with van der Waals surface area (Å²) in [6.07, 6.45) is 0.957. The zero-order valence-electron chi connectivity index (χ0n) is 20.6. The fraction of sp³-hybridized carbons (Fsp3) is 0.276. The quantitative estimate of drug-likeness (QED) is 0.453. The fourth-order valence-electron chi connectivity index (χ4n) is 4.19. The van der Waals surface area contributed by atoms with Crippen molar-refractivity contribution < 1.29 is 14.4 Å². The van der Waals surface area contributed by atoms with Gasteiger partial charge in [0.05, 0.1) is 12.2 Å². The molecule has 0 bridgehead atoms. The number of carbonyl (C=O) groups excluding carboxylic acids is 3. The second-order valence-corrected chi connectivity index (χ2v) is 9.12. The minimum Gasteiger partial charge on any atom is -0.326 e. The molecule has 7 nitrogen and oxygen atoms in total. The number of hydrogen-bond acceptors (Lipinski definition) is 5. The van der Waals surface area contributed by atoms with Gasteiger partial charge in [-0.3, -0.25) is 19.3 Å². The Labute approximate surface area is 212 Å². The van der Waals surface area contributed by atoms with Crippen molar-refractivity contribution in [3.8, 4) is 0 Å². The monoisotopic (exact) mass is 484 g/mol. The molecule has 2 amide bonds. The number of piperazine rings is 1. The highest BCUT2D eigenvalue weighted by atomic mass is 16.2. The highest BCUT2D eigenvalue weighted by Gasteiger charge is 2.20. The third-order valence-corrected chi connectivity index (χ3v) is 6.30. The molecule has 0 aromatic heterocycles. The maximum absolute atomic E-state index is 13.3. The molecule has 3 aromatic carbocycles. The molecular formula is C29H32N4O3. The van der Waals surface area contributed by atoms with Crippen LogP contribution in [0, 0.1) is 0 Å². The Morgan fingerprint density at radius 1 is 0.778 bits per heavy atom. The molecule has 0 saturated carbocycles. The Morgan fingerprint density at radius 2 is 1.44 bits per heavy atom. The van der Waals surface area contributed by atoms with Crippen LogP contribution in [0.5, 0.6) is 0 Å². The molecule has 3 aromatic rings. The van der Waals surface area contributed by atoms with Gasteiger partial charge in [-0.1, -0.05) is 60.7 Å². The summed E-state index contributed by atoms with van der Waals surface area (Å²) in [6.45, 7) is 3.76. The molecule has 0 aliphatic carbocycles. The lowest BCUT2D eigenvalue weighted by Crippen LogP contribution is -2.47. The zero-order chi connectivity index (χ0) is 25.3. The molecule has 1 fully saturated rings. The van der Waals surface area contributed by atoms with E-state index in [2.05, 4.69) is 27.5 Å². The van der Waals surface area contributed by atoms with Gasteiger partial charge in [0.25, 0.3) is 0 Å². The van der Waals surface area contributed by atoms with Crippen LogP contribution in [0.1, 0.15) is 27.9 Å². The maximum atomic E-state index is 13.3. The van der Waals surface area contributed by atoms with Gasteiger partial charge in [-0.05, 0) is 37.2 Å². The third-order valence-electron chi connectivity index (χ3n) is 6.30.